The minimum atomic E-state index is -0.241. The summed E-state index contributed by atoms with van der Waals surface area (Å²) in [6.45, 7) is 2.04. The van der Waals surface area contributed by atoms with Crippen molar-refractivity contribution in [3.63, 3.8) is 0 Å². The predicted molar refractivity (Wildman–Crippen MR) is 126 cm³/mol. The van der Waals surface area contributed by atoms with Gasteiger partial charge < -0.3 is 0 Å². The van der Waals surface area contributed by atoms with Gasteiger partial charge in [0.15, 0.2) is 17.5 Å². The molecule has 32 heavy (non-hydrogen) atoms. The van der Waals surface area contributed by atoms with Crippen LogP contribution >= 0.6 is 0 Å². The lowest BCUT2D eigenvalue weighted by Crippen LogP contribution is -2.00. The van der Waals surface area contributed by atoms with Crippen LogP contribution in [0.2, 0.25) is 0 Å². The largest absolute Gasteiger partial charge is 0.208 e. The summed E-state index contributed by atoms with van der Waals surface area (Å²) in [5.74, 6) is 1.64. The number of nitrogens with zero attached hydrogens (tertiary/aromatic N) is 3. The molecule has 154 valence electrons. The molecule has 0 saturated heterocycles. The molecule has 1 heterocycles. The lowest BCUT2D eigenvalue weighted by Gasteiger charge is -2.11. The van der Waals surface area contributed by atoms with Crippen molar-refractivity contribution in [1.29, 1.82) is 0 Å². The van der Waals surface area contributed by atoms with Gasteiger partial charge in [-0.05, 0) is 41.8 Å². The fraction of sp³-hybridized carbons (Fsp3) is 0.0357. The number of aromatic nitrogens is 3. The Balaban J connectivity index is 1.62. The second-order valence-corrected chi connectivity index (χ2v) is 7.57. The molecular formula is C28H20FN3. The van der Waals surface area contributed by atoms with Gasteiger partial charge in [-0.3, -0.25) is 0 Å². The van der Waals surface area contributed by atoms with Gasteiger partial charge in [-0.25, -0.2) is 19.3 Å². The molecule has 5 rings (SSSR count). The zero-order chi connectivity index (χ0) is 21.9. The van der Waals surface area contributed by atoms with Gasteiger partial charge in [-0.2, -0.15) is 0 Å². The van der Waals surface area contributed by atoms with E-state index in [1.54, 1.807) is 12.1 Å². The predicted octanol–water partition coefficient (Wildman–Crippen LogP) is 6.99. The van der Waals surface area contributed by atoms with E-state index in [1.165, 1.54) is 12.1 Å². The summed E-state index contributed by atoms with van der Waals surface area (Å²) in [5, 5.41) is 0. The lowest BCUT2D eigenvalue weighted by molar-refractivity contribution is 0.628. The van der Waals surface area contributed by atoms with Gasteiger partial charge >= 0.3 is 0 Å². The van der Waals surface area contributed by atoms with Crippen molar-refractivity contribution < 1.29 is 4.39 Å². The molecule has 4 aromatic carbocycles. The first kappa shape index (κ1) is 19.8. The maximum Gasteiger partial charge on any atom is 0.164 e. The maximum absolute atomic E-state index is 13.3. The first-order valence-electron chi connectivity index (χ1n) is 10.4. The summed E-state index contributed by atoms with van der Waals surface area (Å²) in [6, 6.07) is 32.5. The van der Waals surface area contributed by atoms with E-state index in [0.717, 1.165) is 33.4 Å². The van der Waals surface area contributed by atoms with E-state index in [1.807, 2.05) is 79.7 Å². The van der Waals surface area contributed by atoms with Gasteiger partial charge in [0.2, 0.25) is 0 Å². The van der Waals surface area contributed by atoms with Crippen LogP contribution in [-0.4, -0.2) is 15.0 Å². The number of hydrogen-bond acceptors (Lipinski definition) is 3. The molecule has 0 aliphatic heterocycles. The van der Waals surface area contributed by atoms with Crippen LogP contribution in [0.25, 0.3) is 45.3 Å². The summed E-state index contributed by atoms with van der Waals surface area (Å²) in [5.41, 5.74) is 5.87. The summed E-state index contributed by atoms with van der Waals surface area (Å²) in [4.78, 5) is 14.3. The van der Waals surface area contributed by atoms with Crippen molar-refractivity contribution in [2.45, 2.75) is 6.92 Å². The summed E-state index contributed by atoms with van der Waals surface area (Å²) >= 11 is 0. The van der Waals surface area contributed by atoms with Crippen molar-refractivity contribution in [2.75, 3.05) is 0 Å². The van der Waals surface area contributed by atoms with Crippen molar-refractivity contribution >= 4 is 0 Å². The molecule has 0 fully saturated rings. The van der Waals surface area contributed by atoms with E-state index in [9.17, 15) is 4.39 Å². The van der Waals surface area contributed by atoms with Crippen LogP contribution in [0.1, 0.15) is 5.56 Å². The standard InChI is InChI=1S/C28H20FN3/c1-19-18-23(14-17-25(19)20-12-15-24(29)16-13-20)28-31-26(21-8-4-2-5-9-21)30-27(32-28)22-10-6-3-7-11-22/h2-18H,1H3. The van der Waals surface area contributed by atoms with Crippen LogP contribution in [-0.2, 0) is 0 Å². The van der Waals surface area contributed by atoms with Gasteiger partial charge in [0.25, 0.3) is 0 Å². The fourth-order valence-electron chi connectivity index (χ4n) is 3.69. The lowest BCUT2D eigenvalue weighted by atomic mass is 9.98. The summed E-state index contributed by atoms with van der Waals surface area (Å²) in [6.07, 6.45) is 0. The van der Waals surface area contributed by atoms with Gasteiger partial charge in [-0.15, -0.1) is 0 Å². The average molecular weight is 417 g/mol. The zero-order valence-electron chi connectivity index (χ0n) is 17.5. The molecule has 1 aromatic heterocycles. The van der Waals surface area contributed by atoms with Crippen LogP contribution < -0.4 is 0 Å². The average Bonchev–Trinajstić information content (AvgIpc) is 2.85. The van der Waals surface area contributed by atoms with E-state index in [2.05, 4.69) is 6.07 Å². The fourth-order valence-corrected chi connectivity index (χ4v) is 3.69. The van der Waals surface area contributed by atoms with E-state index in [4.69, 9.17) is 15.0 Å². The highest BCUT2D eigenvalue weighted by Crippen LogP contribution is 2.29. The highest BCUT2D eigenvalue weighted by atomic mass is 19.1. The monoisotopic (exact) mass is 417 g/mol. The van der Waals surface area contributed by atoms with Gasteiger partial charge in [0, 0.05) is 16.7 Å². The maximum atomic E-state index is 13.3. The van der Waals surface area contributed by atoms with Crippen molar-refractivity contribution in [3.05, 3.63) is 115 Å². The second kappa shape index (κ2) is 8.52. The Morgan fingerprint density at radius 3 is 1.47 bits per heavy atom. The minimum Gasteiger partial charge on any atom is -0.208 e. The number of hydrogen-bond donors (Lipinski definition) is 0. The molecule has 0 unspecified atom stereocenters. The van der Waals surface area contributed by atoms with Gasteiger partial charge in [-0.1, -0.05) is 84.9 Å². The van der Waals surface area contributed by atoms with Crippen LogP contribution in [0, 0.1) is 12.7 Å². The Hall–Kier alpha value is -4.18. The van der Waals surface area contributed by atoms with Crippen molar-refractivity contribution in [2.24, 2.45) is 0 Å². The van der Waals surface area contributed by atoms with E-state index in [-0.39, 0.29) is 5.82 Å². The first-order chi connectivity index (χ1) is 15.7. The minimum absolute atomic E-state index is 0.241. The molecule has 3 nitrogen and oxygen atoms in total. The zero-order valence-corrected chi connectivity index (χ0v) is 17.5. The molecule has 0 aliphatic rings. The molecule has 0 amide bonds. The molecule has 4 heteroatoms. The Kier molecular flexibility index (Phi) is 5.26. The van der Waals surface area contributed by atoms with Gasteiger partial charge in [0.05, 0.1) is 0 Å². The number of rotatable bonds is 4. The highest BCUT2D eigenvalue weighted by molar-refractivity contribution is 5.73. The van der Waals surface area contributed by atoms with Crippen molar-refractivity contribution in [3.8, 4) is 45.3 Å². The quantitative estimate of drug-likeness (QED) is 0.316. The molecule has 0 saturated carbocycles. The third-order valence-corrected chi connectivity index (χ3v) is 5.34. The van der Waals surface area contributed by atoms with Crippen LogP contribution in [0.15, 0.2) is 103 Å². The highest BCUT2D eigenvalue weighted by Gasteiger charge is 2.13. The Labute approximate surface area is 186 Å². The third kappa shape index (κ3) is 4.03. The number of benzene rings is 4. The molecule has 0 aliphatic carbocycles. The Bertz CT molecular complexity index is 1310. The van der Waals surface area contributed by atoms with Crippen LogP contribution in [0.3, 0.4) is 0 Å². The van der Waals surface area contributed by atoms with Crippen LogP contribution in [0.4, 0.5) is 4.39 Å². The summed E-state index contributed by atoms with van der Waals surface area (Å²) in [7, 11) is 0. The second-order valence-electron chi connectivity index (χ2n) is 7.57. The van der Waals surface area contributed by atoms with E-state index in [0.29, 0.717) is 17.5 Å². The first-order valence-corrected chi connectivity index (χ1v) is 10.4. The Morgan fingerprint density at radius 2 is 0.969 bits per heavy atom. The van der Waals surface area contributed by atoms with Crippen LogP contribution in [0.5, 0.6) is 0 Å². The third-order valence-electron chi connectivity index (χ3n) is 5.34. The summed E-state index contributed by atoms with van der Waals surface area (Å²) < 4.78 is 13.3. The van der Waals surface area contributed by atoms with E-state index >= 15 is 0 Å². The molecule has 0 atom stereocenters. The molecular weight excluding hydrogens is 397 g/mol. The smallest absolute Gasteiger partial charge is 0.164 e. The number of aryl methyl sites for hydroxylation is 1. The SMILES string of the molecule is Cc1cc(-c2nc(-c3ccccc3)nc(-c3ccccc3)n2)ccc1-c1ccc(F)cc1. The Morgan fingerprint density at radius 1 is 0.500 bits per heavy atom. The molecule has 5 aromatic rings. The molecule has 0 spiro atoms. The van der Waals surface area contributed by atoms with E-state index < -0.39 is 0 Å². The van der Waals surface area contributed by atoms with Crippen molar-refractivity contribution in [1.82, 2.24) is 15.0 Å². The normalized spacial score (nSPS) is 10.8. The van der Waals surface area contributed by atoms with Gasteiger partial charge in [0.1, 0.15) is 5.82 Å². The number of halogens is 1. The molecule has 0 N–H and O–H groups in total. The molecule has 0 radical (unpaired) electrons. The topological polar surface area (TPSA) is 38.7 Å². The molecule has 0 bridgehead atoms.